The number of nitrogens with one attached hydrogen (secondary N) is 1. The van der Waals surface area contributed by atoms with Gasteiger partial charge in [-0.3, -0.25) is 0 Å². The van der Waals surface area contributed by atoms with Gasteiger partial charge in [-0.1, -0.05) is 23.2 Å². The van der Waals surface area contributed by atoms with Crippen LogP contribution in [-0.2, 0) is 6.42 Å². The molecule has 0 aliphatic rings. The Balaban J connectivity index is 1.95. The van der Waals surface area contributed by atoms with Crippen LogP contribution in [0.15, 0.2) is 28.8 Å². The van der Waals surface area contributed by atoms with Crippen LogP contribution in [0.4, 0.5) is 0 Å². The molecule has 0 amide bonds. The molecule has 0 atom stereocenters. The van der Waals surface area contributed by atoms with E-state index in [2.05, 4.69) is 31.1 Å². The molecule has 1 aromatic carbocycles. The van der Waals surface area contributed by atoms with Gasteiger partial charge in [-0.2, -0.15) is 0 Å². The van der Waals surface area contributed by atoms with Crippen LogP contribution in [0.3, 0.4) is 0 Å². The predicted molar refractivity (Wildman–Crippen MR) is 88.0 cm³/mol. The quantitative estimate of drug-likeness (QED) is 0.788. The van der Waals surface area contributed by atoms with Crippen molar-refractivity contribution in [2.75, 3.05) is 6.54 Å². The van der Waals surface area contributed by atoms with E-state index in [4.69, 9.17) is 27.6 Å². The number of halogens is 2. The number of aromatic nitrogens is 1. The number of hydrogen-bond acceptors (Lipinski definition) is 3. The van der Waals surface area contributed by atoms with Gasteiger partial charge in [0.15, 0.2) is 11.7 Å². The summed E-state index contributed by atoms with van der Waals surface area (Å²) in [7, 11) is 0. The molecule has 114 valence electrons. The van der Waals surface area contributed by atoms with E-state index in [1.807, 2.05) is 6.07 Å². The van der Waals surface area contributed by atoms with Gasteiger partial charge in [0.1, 0.15) is 0 Å². The van der Waals surface area contributed by atoms with E-state index in [0.29, 0.717) is 15.8 Å². The summed E-state index contributed by atoms with van der Waals surface area (Å²) in [5.74, 6) is 1.40. The van der Waals surface area contributed by atoms with E-state index in [1.165, 1.54) is 0 Å². The van der Waals surface area contributed by atoms with Gasteiger partial charge in [0.05, 0.1) is 11.2 Å². The first-order chi connectivity index (χ1) is 9.85. The Bertz CT molecular complexity index is 603. The van der Waals surface area contributed by atoms with Gasteiger partial charge in [-0.05, 0) is 51.9 Å². The van der Waals surface area contributed by atoms with Crippen LogP contribution in [0.5, 0.6) is 0 Å². The van der Waals surface area contributed by atoms with E-state index in [-0.39, 0.29) is 5.54 Å². The van der Waals surface area contributed by atoms with Crippen LogP contribution in [0.1, 0.15) is 33.1 Å². The Labute approximate surface area is 135 Å². The molecule has 1 heterocycles. The number of aryl methyl sites for hydroxylation is 1. The molecule has 2 aromatic rings. The van der Waals surface area contributed by atoms with Crippen molar-refractivity contribution >= 4 is 23.2 Å². The molecule has 1 N–H and O–H groups in total. The molecule has 0 aliphatic carbocycles. The highest BCUT2D eigenvalue weighted by molar-refractivity contribution is 6.36. The Morgan fingerprint density at radius 2 is 2.00 bits per heavy atom. The largest absolute Gasteiger partial charge is 0.441 e. The van der Waals surface area contributed by atoms with Crippen LogP contribution in [-0.4, -0.2) is 17.1 Å². The van der Waals surface area contributed by atoms with E-state index in [9.17, 15) is 0 Å². The molecular formula is C16H20Cl2N2O. The van der Waals surface area contributed by atoms with Crippen molar-refractivity contribution < 1.29 is 4.42 Å². The molecule has 21 heavy (non-hydrogen) atoms. The maximum atomic E-state index is 6.17. The number of nitrogens with zero attached hydrogens (tertiary/aromatic N) is 1. The van der Waals surface area contributed by atoms with Crippen molar-refractivity contribution in [1.82, 2.24) is 10.3 Å². The van der Waals surface area contributed by atoms with Crippen molar-refractivity contribution in [1.29, 1.82) is 0 Å². The van der Waals surface area contributed by atoms with Crippen molar-refractivity contribution in [2.45, 2.75) is 39.2 Å². The van der Waals surface area contributed by atoms with Gasteiger partial charge in [0.25, 0.3) is 0 Å². The molecule has 0 saturated heterocycles. The third-order valence-corrected chi connectivity index (χ3v) is 3.52. The summed E-state index contributed by atoms with van der Waals surface area (Å²) in [6.07, 6.45) is 3.49. The first-order valence-corrected chi connectivity index (χ1v) is 7.76. The van der Waals surface area contributed by atoms with Crippen molar-refractivity contribution in [3.05, 3.63) is 40.3 Å². The minimum absolute atomic E-state index is 0.137. The smallest absolute Gasteiger partial charge is 0.194 e. The highest BCUT2D eigenvalue weighted by Crippen LogP contribution is 2.30. The van der Waals surface area contributed by atoms with Crippen LogP contribution in [0.25, 0.3) is 11.3 Å². The van der Waals surface area contributed by atoms with Gasteiger partial charge in [0, 0.05) is 22.5 Å². The normalized spacial score (nSPS) is 11.9. The summed E-state index contributed by atoms with van der Waals surface area (Å²) in [6, 6.07) is 5.34. The lowest BCUT2D eigenvalue weighted by Crippen LogP contribution is -2.36. The molecule has 0 aliphatic heterocycles. The fourth-order valence-electron chi connectivity index (χ4n) is 1.94. The van der Waals surface area contributed by atoms with Crippen LogP contribution < -0.4 is 5.32 Å². The average Bonchev–Trinajstić information content (AvgIpc) is 2.82. The molecule has 0 fully saturated rings. The second-order valence-corrected chi connectivity index (χ2v) is 6.87. The molecule has 0 bridgehead atoms. The van der Waals surface area contributed by atoms with Crippen LogP contribution in [0.2, 0.25) is 10.0 Å². The van der Waals surface area contributed by atoms with E-state index < -0.39 is 0 Å². The molecule has 0 radical (unpaired) electrons. The Hall–Kier alpha value is -1.03. The van der Waals surface area contributed by atoms with E-state index >= 15 is 0 Å². The lowest BCUT2D eigenvalue weighted by Gasteiger charge is -2.20. The highest BCUT2D eigenvalue weighted by atomic mass is 35.5. The average molecular weight is 327 g/mol. The first-order valence-electron chi connectivity index (χ1n) is 7.00. The summed E-state index contributed by atoms with van der Waals surface area (Å²) < 4.78 is 5.76. The van der Waals surface area contributed by atoms with E-state index in [0.717, 1.165) is 30.8 Å². The molecule has 0 unspecified atom stereocenters. The Morgan fingerprint density at radius 3 is 2.67 bits per heavy atom. The summed E-state index contributed by atoms with van der Waals surface area (Å²) in [5.41, 5.74) is 0.950. The molecule has 0 spiro atoms. The van der Waals surface area contributed by atoms with Crippen molar-refractivity contribution in [3.8, 4) is 11.3 Å². The standard InChI is InChI=1S/C16H20Cl2N2O/c1-16(2,3)20-8-4-5-15-19-10-14(21-15)12-7-6-11(17)9-13(12)18/h6-7,9-10,20H,4-5,8H2,1-3H3. The second kappa shape index (κ2) is 6.82. The number of benzene rings is 1. The maximum absolute atomic E-state index is 6.17. The minimum atomic E-state index is 0.137. The monoisotopic (exact) mass is 326 g/mol. The number of oxazole rings is 1. The highest BCUT2D eigenvalue weighted by Gasteiger charge is 2.11. The molecule has 5 heteroatoms. The molecule has 3 nitrogen and oxygen atoms in total. The van der Waals surface area contributed by atoms with Crippen LogP contribution in [0, 0.1) is 0 Å². The van der Waals surface area contributed by atoms with Crippen molar-refractivity contribution in [3.63, 3.8) is 0 Å². The molecule has 1 aromatic heterocycles. The molecule has 0 saturated carbocycles. The lowest BCUT2D eigenvalue weighted by atomic mass is 10.1. The van der Waals surface area contributed by atoms with Crippen LogP contribution >= 0.6 is 23.2 Å². The van der Waals surface area contributed by atoms with Gasteiger partial charge in [-0.25, -0.2) is 4.98 Å². The zero-order valence-electron chi connectivity index (χ0n) is 12.5. The SMILES string of the molecule is CC(C)(C)NCCCc1ncc(-c2ccc(Cl)cc2Cl)o1. The Morgan fingerprint density at radius 1 is 1.24 bits per heavy atom. The summed E-state index contributed by atoms with van der Waals surface area (Å²) >= 11 is 12.1. The maximum Gasteiger partial charge on any atom is 0.194 e. The third kappa shape index (κ3) is 5.03. The zero-order valence-corrected chi connectivity index (χ0v) is 14.1. The molecular weight excluding hydrogens is 307 g/mol. The zero-order chi connectivity index (χ0) is 15.5. The second-order valence-electron chi connectivity index (χ2n) is 6.02. The first kappa shape index (κ1) is 16.3. The predicted octanol–water partition coefficient (Wildman–Crippen LogP) is 4.97. The summed E-state index contributed by atoms with van der Waals surface area (Å²) in [6.45, 7) is 7.39. The van der Waals surface area contributed by atoms with Gasteiger partial charge in [0.2, 0.25) is 0 Å². The number of hydrogen-bond donors (Lipinski definition) is 1. The summed E-state index contributed by atoms with van der Waals surface area (Å²) in [4.78, 5) is 4.30. The number of rotatable bonds is 5. The van der Waals surface area contributed by atoms with Crippen molar-refractivity contribution in [2.24, 2.45) is 0 Å². The fourth-order valence-corrected chi connectivity index (χ4v) is 2.44. The lowest BCUT2D eigenvalue weighted by molar-refractivity contribution is 0.412. The summed E-state index contributed by atoms with van der Waals surface area (Å²) in [5, 5.41) is 4.62. The van der Waals surface area contributed by atoms with Gasteiger partial charge >= 0.3 is 0 Å². The topological polar surface area (TPSA) is 38.1 Å². The fraction of sp³-hybridized carbons (Fsp3) is 0.438. The minimum Gasteiger partial charge on any atom is -0.441 e. The van der Waals surface area contributed by atoms with Gasteiger partial charge in [-0.15, -0.1) is 0 Å². The Kier molecular flexibility index (Phi) is 5.31. The van der Waals surface area contributed by atoms with Gasteiger partial charge < -0.3 is 9.73 Å². The molecule has 2 rings (SSSR count). The third-order valence-electron chi connectivity index (χ3n) is 2.97. The van der Waals surface area contributed by atoms with E-state index in [1.54, 1.807) is 18.3 Å².